The molecule has 0 aromatic heterocycles. The van der Waals surface area contributed by atoms with Crippen LogP contribution in [0, 0.1) is 0 Å². The van der Waals surface area contributed by atoms with Crippen molar-refractivity contribution in [3.05, 3.63) is 22.7 Å². The molecule has 0 aliphatic carbocycles. The second kappa shape index (κ2) is 7.61. The van der Waals surface area contributed by atoms with E-state index in [1.54, 1.807) is 12.1 Å². The molecule has 1 aliphatic heterocycles. The molecule has 114 valence electrons. The van der Waals surface area contributed by atoms with Gasteiger partial charge in [0.05, 0.1) is 12.0 Å². The molecule has 0 spiro atoms. The van der Waals surface area contributed by atoms with Crippen LogP contribution in [-0.4, -0.2) is 34.7 Å². The zero-order valence-corrected chi connectivity index (χ0v) is 14.3. The number of nitrogens with one attached hydrogen (secondary N) is 2. The molecule has 8 heteroatoms. The lowest BCUT2D eigenvalue weighted by molar-refractivity contribution is 0.412. The Labute approximate surface area is 134 Å². The number of rotatable bonds is 4. The fraction of sp³-hybridized carbons (Fsp3) is 0.500. The van der Waals surface area contributed by atoms with Crippen LogP contribution in [0.4, 0.5) is 0 Å². The fourth-order valence-electron chi connectivity index (χ4n) is 2.04. The summed E-state index contributed by atoms with van der Waals surface area (Å²) in [5.41, 5.74) is 0. The van der Waals surface area contributed by atoms with Crippen molar-refractivity contribution < 1.29 is 13.2 Å². The summed E-state index contributed by atoms with van der Waals surface area (Å²) in [6, 6.07) is 4.90. The normalized spacial score (nSPS) is 16.5. The van der Waals surface area contributed by atoms with Crippen LogP contribution in [0.15, 0.2) is 27.6 Å². The van der Waals surface area contributed by atoms with Crippen molar-refractivity contribution in [2.75, 3.05) is 20.2 Å². The maximum atomic E-state index is 12.4. The Kier molecular flexibility index (Phi) is 6.74. The summed E-state index contributed by atoms with van der Waals surface area (Å²) >= 11 is 3.27. The van der Waals surface area contributed by atoms with E-state index in [2.05, 4.69) is 26.0 Å². The lowest BCUT2D eigenvalue weighted by atomic mass is 10.1. The minimum atomic E-state index is -3.53. The highest BCUT2D eigenvalue weighted by molar-refractivity contribution is 9.10. The van der Waals surface area contributed by atoms with Crippen LogP contribution >= 0.6 is 28.3 Å². The molecule has 0 radical (unpaired) electrons. The smallest absolute Gasteiger partial charge is 0.242 e. The molecule has 20 heavy (non-hydrogen) atoms. The average Bonchev–Trinajstić information content (AvgIpc) is 2.39. The lowest BCUT2D eigenvalue weighted by Crippen LogP contribution is -2.42. The monoisotopic (exact) mass is 384 g/mol. The predicted octanol–water partition coefficient (Wildman–Crippen LogP) is 1.91. The Morgan fingerprint density at radius 2 is 2.00 bits per heavy atom. The van der Waals surface area contributed by atoms with Gasteiger partial charge in [0.25, 0.3) is 0 Å². The van der Waals surface area contributed by atoms with E-state index in [4.69, 9.17) is 4.74 Å². The second-order valence-corrected chi connectivity index (χ2v) is 6.98. The molecule has 0 saturated carbocycles. The third-order valence-corrected chi connectivity index (χ3v) is 5.60. The second-order valence-electron chi connectivity index (χ2n) is 4.44. The van der Waals surface area contributed by atoms with Gasteiger partial charge in [-0.1, -0.05) is 0 Å². The van der Waals surface area contributed by atoms with E-state index in [1.807, 2.05) is 0 Å². The van der Waals surface area contributed by atoms with Gasteiger partial charge in [-0.05, 0) is 54.0 Å². The fourth-order valence-corrected chi connectivity index (χ4v) is 4.32. The van der Waals surface area contributed by atoms with E-state index in [9.17, 15) is 8.42 Å². The third kappa shape index (κ3) is 4.33. The SMILES string of the molecule is COc1ccc(Br)c(S(=O)(=O)NC2CCNCC2)c1.Cl. The molecule has 1 fully saturated rings. The third-order valence-electron chi connectivity index (χ3n) is 3.09. The minimum absolute atomic E-state index is 0. The molecule has 0 atom stereocenters. The number of sulfonamides is 1. The van der Waals surface area contributed by atoms with E-state index in [0.29, 0.717) is 10.2 Å². The van der Waals surface area contributed by atoms with Gasteiger partial charge in [-0.15, -0.1) is 12.4 Å². The van der Waals surface area contributed by atoms with Gasteiger partial charge in [0.15, 0.2) is 0 Å². The number of hydrogen-bond donors (Lipinski definition) is 2. The molecule has 1 aliphatic rings. The molecule has 2 rings (SSSR count). The van der Waals surface area contributed by atoms with Gasteiger partial charge in [0, 0.05) is 16.6 Å². The van der Waals surface area contributed by atoms with Gasteiger partial charge in [-0.3, -0.25) is 0 Å². The lowest BCUT2D eigenvalue weighted by Gasteiger charge is -2.23. The Hall–Kier alpha value is -0.340. The zero-order chi connectivity index (χ0) is 13.9. The van der Waals surface area contributed by atoms with Crippen LogP contribution < -0.4 is 14.8 Å². The Balaban J connectivity index is 0.00000200. The molecule has 1 saturated heterocycles. The maximum Gasteiger partial charge on any atom is 0.242 e. The molecule has 1 aromatic rings. The maximum absolute atomic E-state index is 12.4. The van der Waals surface area contributed by atoms with Gasteiger partial charge in [0.2, 0.25) is 10.0 Å². The topological polar surface area (TPSA) is 67.4 Å². The van der Waals surface area contributed by atoms with Crippen molar-refractivity contribution >= 4 is 38.4 Å². The molecule has 5 nitrogen and oxygen atoms in total. The number of ether oxygens (including phenoxy) is 1. The predicted molar refractivity (Wildman–Crippen MR) is 84.2 cm³/mol. The molecule has 0 unspecified atom stereocenters. The van der Waals surface area contributed by atoms with Crippen LogP contribution in [0.3, 0.4) is 0 Å². The standard InChI is InChI=1S/C12H17BrN2O3S.ClH/c1-18-10-2-3-11(13)12(8-10)19(16,17)15-9-4-6-14-7-5-9;/h2-3,8-9,14-15H,4-7H2,1H3;1H. The number of methoxy groups -OCH3 is 1. The number of hydrogen-bond acceptors (Lipinski definition) is 4. The Bertz CT molecular complexity index is 548. The molecule has 1 heterocycles. The summed E-state index contributed by atoms with van der Waals surface area (Å²) in [6.45, 7) is 1.68. The van der Waals surface area contributed by atoms with Crippen molar-refractivity contribution in [3.8, 4) is 5.75 Å². The van der Waals surface area contributed by atoms with E-state index in [0.717, 1.165) is 25.9 Å². The van der Waals surface area contributed by atoms with Crippen molar-refractivity contribution in [1.82, 2.24) is 10.0 Å². The van der Waals surface area contributed by atoms with Gasteiger partial charge in [-0.25, -0.2) is 13.1 Å². The van der Waals surface area contributed by atoms with Crippen molar-refractivity contribution in [2.24, 2.45) is 0 Å². The summed E-state index contributed by atoms with van der Waals surface area (Å²) in [6.07, 6.45) is 1.61. The van der Waals surface area contributed by atoms with Crippen LogP contribution in [0.25, 0.3) is 0 Å². The van der Waals surface area contributed by atoms with Crippen LogP contribution in [0.1, 0.15) is 12.8 Å². The highest BCUT2D eigenvalue weighted by Crippen LogP contribution is 2.27. The Morgan fingerprint density at radius 1 is 1.35 bits per heavy atom. The zero-order valence-electron chi connectivity index (χ0n) is 11.1. The largest absolute Gasteiger partial charge is 0.497 e. The first kappa shape index (κ1) is 17.7. The summed E-state index contributed by atoms with van der Waals surface area (Å²) in [4.78, 5) is 0.213. The highest BCUT2D eigenvalue weighted by Gasteiger charge is 2.24. The quantitative estimate of drug-likeness (QED) is 0.831. The summed E-state index contributed by atoms with van der Waals surface area (Å²) in [7, 11) is -2.01. The van der Waals surface area contributed by atoms with E-state index >= 15 is 0 Å². The average molecular weight is 386 g/mol. The van der Waals surface area contributed by atoms with Crippen molar-refractivity contribution in [1.29, 1.82) is 0 Å². The first-order chi connectivity index (χ1) is 9.03. The molecule has 2 N–H and O–H groups in total. The molecule has 0 amide bonds. The van der Waals surface area contributed by atoms with E-state index in [1.165, 1.54) is 13.2 Å². The summed E-state index contributed by atoms with van der Waals surface area (Å²) < 4.78 is 33.1. The first-order valence-electron chi connectivity index (χ1n) is 6.09. The number of piperidine rings is 1. The van der Waals surface area contributed by atoms with E-state index < -0.39 is 10.0 Å². The molecule has 1 aromatic carbocycles. The van der Waals surface area contributed by atoms with Crippen LogP contribution in [0.2, 0.25) is 0 Å². The van der Waals surface area contributed by atoms with Crippen molar-refractivity contribution in [3.63, 3.8) is 0 Å². The van der Waals surface area contributed by atoms with Gasteiger partial charge in [-0.2, -0.15) is 0 Å². The van der Waals surface area contributed by atoms with Gasteiger partial charge >= 0.3 is 0 Å². The molecule has 0 bridgehead atoms. The van der Waals surface area contributed by atoms with Crippen molar-refractivity contribution in [2.45, 2.75) is 23.8 Å². The van der Waals surface area contributed by atoms with Gasteiger partial charge < -0.3 is 10.1 Å². The number of halogens is 2. The summed E-state index contributed by atoms with van der Waals surface area (Å²) in [5, 5.41) is 3.21. The number of benzene rings is 1. The first-order valence-corrected chi connectivity index (χ1v) is 8.37. The minimum Gasteiger partial charge on any atom is -0.497 e. The molecular formula is C12H18BrClN2O3S. The highest BCUT2D eigenvalue weighted by atomic mass is 79.9. The van der Waals surface area contributed by atoms with Crippen LogP contribution in [-0.2, 0) is 10.0 Å². The van der Waals surface area contributed by atoms with E-state index in [-0.39, 0.29) is 23.3 Å². The van der Waals surface area contributed by atoms with Gasteiger partial charge in [0.1, 0.15) is 5.75 Å². The molecular weight excluding hydrogens is 368 g/mol. The summed E-state index contributed by atoms with van der Waals surface area (Å²) in [5.74, 6) is 0.522. The van der Waals surface area contributed by atoms with Crippen LogP contribution in [0.5, 0.6) is 5.75 Å². The Morgan fingerprint density at radius 3 is 2.60 bits per heavy atom.